The third-order valence-electron chi connectivity index (χ3n) is 2.24. The summed E-state index contributed by atoms with van der Waals surface area (Å²) >= 11 is 1.86. The van der Waals surface area contributed by atoms with Gasteiger partial charge in [-0.1, -0.05) is 0 Å². The molecule has 3 nitrogen and oxygen atoms in total. The Morgan fingerprint density at radius 3 is 2.71 bits per heavy atom. The van der Waals surface area contributed by atoms with E-state index in [4.69, 9.17) is 5.73 Å². The summed E-state index contributed by atoms with van der Waals surface area (Å²) in [7, 11) is 2.03. The second kappa shape index (κ2) is 7.62. The maximum absolute atomic E-state index is 5.81. The van der Waals surface area contributed by atoms with E-state index in [1.165, 1.54) is 18.6 Å². The Morgan fingerprint density at radius 2 is 2.21 bits per heavy atom. The van der Waals surface area contributed by atoms with Gasteiger partial charge in [0.15, 0.2) is 5.96 Å². The predicted octanol–water partition coefficient (Wildman–Crippen LogP) is 1.77. The van der Waals surface area contributed by atoms with Crippen molar-refractivity contribution in [2.24, 2.45) is 10.7 Å². The van der Waals surface area contributed by atoms with Crippen LogP contribution in [0.15, 0.2) is 4.99 Å². The fourth-order valence-corrected chi connectivity index (χ4v) is 1.58. The van der Waals surface area contributed by atoms with Crippen molar-refractivity contribution in [1.82, 2.24) is 4.90 Å². The standard InChI is InChI=1S/C9H19N3S.HI/c1-12(8-4-5-8)9(10)11-6-3-7-13-2;/h8H,3-7H2,1-2H3,(H2,10,11);1H. The van der Waals surface area contributed by atoms with E-state index >= 15 is 0 Å². The molecule has 84 valence electrons. The summed E-state index contributed by atoms with van der Waals surface area (Å²) in [5.74, 6) is 1.88. The number of nitrogens with zero attached hydrogens (tertiary/aromatic N) is 2. The van der Waals surface area contributed by atoms with Gasteiger partial charge in [-0.3, -0.25) is 4.99 Å². The number of hydrogen-bond donors (Lipinski definition) is 1. The normalized spacial score (nSPS) is 16.3. The van der Waals surface area contributed by atoms with Gasteiger partial charge < -0.3 is 10.6 Å². The Hall–Kier alpha value is 0.350. The summed E-state index contributed by atoms with van der Waals surface area (Å²) in [4.78, 5) is 6.43. The van der Waals surface area contributed by atoms with E-state index in [2.05, 4.69) is 16.1 Å². The van der Waals surface area contributed by atoms with Crippen LogP contribution in [-0.2, 0) is 0 Å². The van der Waals surface area contributed by atoms with Crippen LogP contribution in [0.3, 0.4) is 0 Å². The first kappa shape index (κ1) is 14.3. The van der Waals surface area contributed by atoms with Crippen LogP contribution in [-0.4, -0.2) is 42.5 Å². The van der Waals surface area contributed by atoms with Crippen LogP contribution < -0.4 is 5.73 Å². The Kier molecular flexibility index (Phi) is 7.81. The molecule has 5 heteroatoms. The average Bonchev–Trinajstić information content (AvgIpc) is 2.94. The molecule has 14 heavy (non-hydrogen) atoms. The van der Waals surface area contributed by atoms with Gasteiger partial charge in [0, 0.05) is 19.6 Å². The van der Waals surface area contributed by atoms with Gasteiger partial charge in [-0.25, -0.2) is 0 Å². The van der Waals surface area contributed by atoms with E-state index < -0.39 is 0 Å². The first-order valence-corrected chi connectivity index (χ1v) is 6.16. The number of halogens is 1. The highest BCUT2D eigenvalue weighted by Gasteiger charge is 2.27. The quantitative estimate of drug-likeness (QED) is 0.362. The second-order valence-electron chi connectivity index (χ2n) is 3.43. The molecule has 1 aliphatic rings. The summed E-state index contributed by atoms with van der Waals surface area (Å²) < 4.78 is 0. The van der Waals surface area contributed by atoms with E-state index in [9.17, 15) is 0 Å². The molecule has 0 unspecified atom stereocenters. The van der Waals surface area contributed by atoms with Crippen molar-refractivity contribution >= 4 is 41.7 Å². The van der Waals surface area contributed by atoms with Gasteiger partial charge in [0.1, 0.15) is 0 Å². The Labute approximate surface area is 108 Å². The Morgan fingerprint density at radius 1 is 1.57 bits per heavy atom. The SMILES string of the molecule is CSCCCN=C(N)N(C)C1CC1.I. The van der Waals surface area contributed by atoms with Crippen LogP contribution >= 0.6 is 35.7 Å². The van der Waals surface area contributed by atoms with E-state index in [-0.39, 0.29) is 24.0 Å². The summed E-state index contributed by atoms with van der Waals surface area (Å²) in [6.07, 6.45) is 5.79. The van der Waals surface area contributed by atoms with Crippen molar-refractivity contribution in [3.8, 4) is 0 Å². The molecule has 0 spiro atoms. The molecule has 2 N–H and O–H groups in total. The highest BCUT2D eigenvalue weighted by atomic mass is 127. The smallest absolute Gasteiger partial charge is 0.191 e. The van der Waals surface area contributed by atoms with Crippen LogP contribution in [0, 0.1) is 0 Å². The number of hydrogen-bond acceptors (Lipinski definition) is 2. The molecule has 0 aromatic rings. The monoisotopic (exact) mass is 329 g/mol. The maximum Gasteiger partial charge on any atom is 0.191 e. The molecule has 0 aromatic heterocycles. The average molecular weight is 329 g/mol. The molecule has 1 rings (SSSR count). The lowest BCUT2D eigenvalue weighted by atomic mass is 10.5. The number of nitrogens with two attached hydrogens (primary N) is 1. The molecule has 0 aliphatic heterocycles. The summed E-state index contributed by atoms with van der Waals surface area (Å²) in [6, 6.07) is 0.671. The van der Waals surface area contributed by atoms with Gasteiger partial charge in [-0.05, 0) is 31.3 Å². The van der Waals surface area contributed by atoms with E-state index in [0.717, 1.165) is 13.0 Å². The van der Waals surface area contributed by atoms with Crippen LogP contribution in [0.1, 0.15) is 19.3 Å². The Balaban J connectivity index is 0.00000169. The molecule has 1 saturated carbocycles. The zero-order valence-corrected chi connectivity index (χ0v) is 12.0. The Bertz CT molecular complexity index is 183. The predicted molar refractivity (Wildman–Crippen MR) is 75.7 cm³/mol. The number of guanidine groups is 1. The summed E-state index contributed by atoms with van der Waals surface area (Å²) in [5.41, 5.74) is 5.81. The minimum absolute atomic E-state index is 0. The summed E-state index contributed by atoms with van der Waals surface area (Å²) in [6.45, 7) is 0.865. The molecule has 0 radical (unpaired) electrons. The molecule has 1 fully saturated rings. The molecule has 1 aliphatic carbocycles. The molecule has 0 amide bonds. The van der Waals surface area contributed by atoms with Crippen molar-refractivity contribution in [2.75, 3.05) is 25.6 Å². The molecule has 0 heterocycles. The van der Waals surface area contributed by atoms with Gasteiger partial charge in [0.05, 0.1) is 0 Å². The third-order valence-corrected chi connectivity index (χ3v) is 2.93. The van der Waals surface area contributed by atoms with Gasteiger partial charge in [-0.15, -0.1) is 24.0 Å². The van der Waals surface area contributed by atoms with Crippen LogP contribution in [0.5, 0.6) is 0 Å². The number of thioether (sulfide) groups is 1. The van der Waals surface area contributed by atoms with Crippen molar-refractivity contribution in [3.63, 3.8) is 0 Å². The lowest BCUT2D eigenvalue weighted by Crippen LogP contribution is -2.35. The largest absolute Gasteiger partial charge is 0.370 e. The van der Waals surface area contributed by atoms with Gasteiger partial charge in [0.2, 0.25) is 0 Å². The zero-order chi connectivity index (χ0) is 9.68. The zero-order valence-electron chi connectivity index (χ0n) is 8.90. The van der Waals surface area contributed by atoms with Gasteiger partial charge >= 0.3 is 0 Å². The van der Waals surface area contributed by atoms with Gasteiger partial charge in [-0.2, -0.15) is 11.8 Å². The summed E-state index contributed by atoms with van der Waals surface area (Å²) in [5, 5.41) is 0. The lowest BCUT2D eigenvalue weighted by molar-refractivity contribution is 0.487. The fraction of sp³-hybridized carbons (Fsp3) is 0.889. The van der Waals surface area contributed by atoms with Crippen LogP contribution in [0.25, 0.3) is 0 Å². The van der Waals surface area contributed by atoms with Gasteiger partial charge in [0.25, 0.3) is 0 Å². The van der Waals surface area contributed by atoms with Crippen molar-refractivity contribution in [2.45, 2.75) is 25.3 Å². The topological polar surface area (TPSA) is 41.6 Å². The molecule has 0 saturated heterocycles. The van der Waals surface area contributed by atoms with Crippen molar-refractivity contribution < 1.29 is 0 Å². The molecule has 0 atom stereocenters. The second-order valence-corrected chi connectivity index (χ2v) is 4.41. The molecule has 0 aromatic carbocycles. The maximum atomic E-state index is 5.81. The molecular weight excluding hydrogens is 309 g/mol. The fourth-order valence-electron chi connectivity index (χ4n) is 1.16. The molecular formula is C9H20IN3S. The number of rotatable bonds is 5. The minimum Gasteiger partial charge on any atom is -0.370 e. The van der Waals surface area contributed by atoms with Crippen LogP contribution in [0.2, 0.25) is 0 Å². The first-order chi connectivity index (χ1) is 6.25. The van der Waals surface area contributed by atoms with Crippen molar-refractivity contribution in [3.05, 3.63) is 0 Å². The van der Waals surface area contributed by atoms with E-state index in [1.807, 2.05) is 18.8 Å². The first-order valence-electron chi connectivity index (χ1n) is 4.77. The highest BCUT2D eigenvalue weighted by Crippen LogP contribution is 2.24. The van der Waals surface area contributed by atoms with E-state index in [1.54, 1.807) is 0 Å². The lowest BCUT2D eigenvalue weighted by Gasteiger charge is -2.16. The molecule has 0 bridgehead atoms. The third kappa shape index (κ3) is 5.29. The van der Waals surface area contributed by atoms with E-state index in [0.29, 0.717) is 12.0 Å². The highest BCUT2D eigenvalue weighted by molar-refractivity contribution is 14.0. The number of aliphatic imine (C=N–C) groups is 1. The van der Waals surface area contributed by atoms with Crippen LogP contribution in [0.4, 0.5) is 0 Å². The minimum atomic E-state index is 0. The van der Waals surface area contributed by atoms with Crippen molar-refractivity contribution in [1.29, 1.82) is 0 Å².